The molecule has 2 heteroatoms. The molecule has 1 aromatic rings. The van der Waals surface area contributed by atoms with E-state index in [9.17, 15) is 0 Å². The second kappa shape index (κ2) is 3.38. The number of fused-ring (bicyclic) bond motifs is 1. The molecule has 2 rings (SSSR count). The minimum atomic E-state index is 0.524. The molecule has 0 saturated carbocycles. The Morgan fingerprint density at radius 2 is 2.31 bits per heavy atom. The molecule has 1 atom stereocenters. The van der Waals surface area contributed by atoms with Crippen molar-refractivity contribution >= 4 is 5.69 Å². The summed E-state index contributed by atoms with van der Waals surface area (Å²) in [6.07, 6.45) is 1.17. The van der Waals surface area contributed by atoms with E-state index >= 15 is 0 Å². The number of aryl methyl sites for hydroxylation is 1. The lowest BCUT2D eigenvalue weighted by Crippen LogP contribution is -2.25. The van der Waals surface area contributed by atoms with Crippen molar-refractivity contribution in [1.29, 1.82) is 0 Å². The van der Waals surface area contributed by atoms with Gasteiger partial charge < -0.3 is 10.6 Å². The molecule has 0 amide bonds. The minimum Gasteiger partial charge on any atom is -0.385 e. The predicted octanol–water partition coefficient (Wildman–Crippen LogP) is 2.07. The summed E-state index contributed by atoms with van der Waals surface area (Å²) in [5.41, 5.74) is 4.03. The van der Waals surface area contributed by atoms with Crippen molar-refractivity contribution in [1.82, 2.24) is 5.32 Å². The van der Waals surface area contributed by atoms with Crippen molar-refractivity contribution in [3.63, 3.8) is 0 Å². The van der Waals surface area contributed by atoms with E-state index in [1.807, 2.05) is 7.05 Å². The van der Waals surface area contributed by atoms with Crippen LogP contribution in [0.25, 0.3) is 0 Å². The summed E-state index contributed by atoms with van der Waals surface area (Å²) in [5, 5.41) is 6.76. The maximum atomic E-state index is 3.41. The van der Waals surface area contributed by atoms with Crippen LogP contribution in [-0.4, -0.2) is 13.6 Å². The van der Waals surface area contributed by atoms with Crippen LogP contribution in [0.3, 0.4) is 0 Å². The fourth-order valence-electron chi connectivity index (χ4n) is 1.94. The molecule has 0 aliphatic carbocycles. The van der Waals surface area contributed by atoms with Crippen LogP contribution in [0, 0.1) is 6.92 Å². The van der Waals surface area contributed by atoms with Crippen molar-refractivity contribution in [3.8, 4) is 0 Å². The van der Waals surface area contributed by atoms with Gasteiger partial charge in [-0.15, -0.1) is 0 Å². The van der Waals surface area contributed by atoms with E-state index in [2.05, 4.69) is 35.8 Å². The lowest BCUT2D eigenvalue weighted by Gasteiger charge is -2.26. The minimum absolute atomic E-state index is 0.524. The summed E-state index contributed by atoms with van der Waals surface area (Å²) >= 11 is 0. The van der Waals surface area contributed by atoms with Gasteiger partial charge in [-0.1, -0.05) is 17.7 Å². The third kappa shape index (κ3) is 1.54. The van der Waals surface area contributed by atoms with Gasteiger partial charge in [0.25, 0.3) is 0 Å². The molecule has 1 aliphatic rings. The maximum absolute atomic E-state index is 3.41. The second-order valence-corrected chi connectivity index (χ2v) is 3.65. The van der Waals surface area contributed by atoms with Gasteiger partial charge in [0.05, 0.1) is 0 Å². The molecule has 2 N–H and O–H groups in total. The topological polar surface area (TPSA) is 24.1 Å². The van der Waals surface area contributed by atoms with Crippen LogP contribution >= 0.6 is 0 Å². The lowest BCUT2D eigenvalue weighted by atomic mass is 9.96. The molecular formula is C11H16N2. The summed E-state index contributed by atoms with van der Waals surface area (Å²) in [4.78, 5) is 0. The molecule has 13 heavy (non-hydrogen) atoms. The first-order valence-electron chi connectivity index (χ1n) is 4.83. The third-order valence-corrected chi connectivity index (χ3v) is 2.68. The van der Waals surface area contributed by atoms with Gasteiger partial charge in [0.1, 0.15) is 0 Å². The zero-order valence-corrected chi connectivity index (χ0v) is 8.22. The highest BCUT2D eigenvalue weighted by Crippen LogP contribution is 2.29. The predicted molar refractivity (Wildman–Crippen MR) is 56.1 cm³/mol. The first kappa shape index (κ1) is 8.57. The molecule has 0 spiro atoms. The van der Waals surface area contributed by atoms with Crippen molar-refractivity contribution < 1.29 is 0 Å². The van der Waals surface area contributed by atoms with Crippen LogP contribution in [0.4, 0.5) is 5.69 Å². The Morgan fingerprint density at radius 1 is 1.46 bits per heavy atom. The largest absolute Gasteiger partial charge is 0.385 e. The number of benzene rings is 1. The Balaban J connectivity index is 2.41. The van der Waals surface area contributed by atoms with Crippen LogP contribution in [-0.2, 0) is 0 Å². The van der Waals surface area contributed by atoms with Gasteiger partial charge in [0, 0.05) is 18.3 Å². The van der Waals surface area contributed by atoms with E-state index < -0.39 is 0 Å². The summed E-state index contributed by atoms with van der Waals surface area (Å²) < 4.78 is 0. The Labute approximate surface area is 79.4 Å². The molecule has 0 fully saturated rings. The van der Waals surface area contributed by atoms with Crippen LogP contribution in [0.15, 0.2) is 18.2 Å². The number of hydrogen-bond donors (Lipinski definition) is 2. The van der Waals surface area contributed by atoms with Crippen molar-refractivity contribution in [3.05, 3.63) is 29.3 Å². The Morgan fingerprint density at radius 3 is 3.08 bits per heavy atom. The normalized spacial score (nSPS) is 20.6. The molecule has 0 saturated heterocycles. The highest BCUT2D eigenvalue weighted by molar-refractivity contribution is 5.55. The summed E-state index contributed by atoms with van der Waals surface area (Å²) in [7, 11) is 2.03. The van der Waals surface area contributed by atoms with Gasteiger partial charge in [0.2, 0.25) is 0 Å². The summed E-state index contributed by atoms with van der Waals surface area (Å²) in [6, 6.07) is 7.12. The van der Waals surface area contributed by atoms with E-state index in [0.717, 1.165) is 6.54 Å². The fourth-order valence-corrected chi connectivity index (χ4v) is 1.94. The first-order chi connectivity index (χ1) is 6.31. The van der Waals surface area contributed by atoms with E-state index in [4.69, 9.17) is 0 Å². The number of anilines is 1. The molecule has 1 aromatic carbocycles. The van der Waals surface area contributed by atoms with E-state index in [0.29, 0.717) is 6.04 Å². The van der Waals surface area contributed by atoms with Gasteiger partial charge in [-0.05, 0) is 32.0 Å². The lowest BCUT2D eigenvalue weighted by molar-refractivity contribution is 0.551. The van der Waals surface area contributed by atoms with Crippen molar-refractivity contribution in [2.45, 2.75) is 19.4 Å². The van der Waals surface area contributed by atoms with Crippen molar-refractivity contribution in [2.75, 3.05) is 18.9 Å². The number of hydrogen-bond acceptors (Lipinski definition) is 2. The number of nitrogens with one attached hydrogen (secondary N) is 2. The van der Waals surface area contributed by atoms with Crippen LogP contribution in [0.5, 0.6) is 0 Å². The molecular weight excluding hydrogens is 160 g/mol. The number of rotatable bonds is 1. The second-order valence-electron chi connectivity index (χ2n) is 3.65. The average molecular weight is 176 g/mol. The Hall–Kier alpha value is -1.02. The molecule has 70 valence electrons. The zero-order chi connectivity index (χ0) is 9.26. The SMILES string of the molecule is CNC1CCNc2ccc(C)cc21. The molecule has 2 nitrogen and oxygen atoms in total. The quantitative estimate of drug-likeness (QED) is 0.684. The fraction of sp³-hybridized carbons (Fsp3) is 0.455. The maximum Gasteiger partial charge on any atom is 0.0388 e. The highest BCUT2D eigenvalue weighted by atomic mass is 15.0. The van der Waals surface area contributed by atoms with Gasteiger partial charge in [0.15, 0.2) is 0 Å². The van der Waals surface area contributed by atoms with Crippen LogP contribution in [0.1, 0.15) is 23.6 Å². The first-order valence-corrected chi connectivity index (χ1v) is 4.83. The van der Waals surface area contributed by atoms with Gasteiger partial charge in [-0.2, -0.15) is 0 Å². The summed E-state index contributed by atoms with van der Waals surface area (Å²) in [5.74, 6) is 0. The highest BCUT2D eigenvalue weighted by Gasteiger charge is 2.17. The van der Waals surface area contributed by atoms with Gasteiger partial charge in [-0.25, -0.2) is 0 Å². The van der Waals surface area contributed by atoms with Gasteiger partial charge >= 0.3 is 0 Å². The molecule has 1 heterocycles. The molecule has 0 bridgehead atoms. The van der Waals surface area contributed by atoms with Crippen LogP contribution < -0.4 is 10.6 Å². The Bertz CT molecular complexity index is 307. The Kier molecular flexibility index (Phi) is 2.23. The van der Waals surface area contributed by atoms with Crippen LogP contribution in [0.2, 0.25) is 0 Å². The summed E-state index contributed by atoms with van der Waals surface area (Å²) in [6.45, 7) is 3.21. The van der Waals surface area contributed by atoms with E-state index in [-0.39, 0.29) is 0 Å². The van der Waals surface area contributed by atoms with Crippen molar-refractivity contribution in [2.24, 2.45) is 0 Å². The smallest absolute Gasteiger partial charge is 0.0388 e. The third-order valence-electron chi connectivity index (χ3n) is 2.68. The molecule has 1 unspecified atom stereocenters. The zero-order valence-electron chi connectivity index (χ0n) is 8.22. The monoisotopic (exact) mass is 176 g/mol. The van der Waals surface area contributed by atoms with E-state index in [1.54, 1.807) is 0 Å². The molecule has 0 radical (unpaired) electrons. The van der Waals surface area contributed by atoms with E-state index in [1.165, 1.54) is 23.2 Å². The average Bonchev–Trinajstić information content (AvgIpc) is 2.17. The standard InChI is InChI=1S/C11H16N2/c1-8-3-4-11-9(7-8)10(12-2)5-6-13-11/h3-4,7,10,12-13H,5-6H2,1-2H3. The van der Waals surface area contributed by atoms with Gasteiger partial charge in [-0.3, -0.25) is 0 Å². The molecule has 0 aromatic heterocycles. The molecule has 1 aliphatic heterocycles.